The summed E-state index contributed by atoms with van der Waals surface area (Å²) < 4.78 is 28.4. The lowest BCUT2D eigenvalue weighted by atomic mass is 9.84. The number of hydrogen-bond acceptors (Lipinski definition) is 6. The fourth-order valence-electron chi connectivity index (χ4n) is 4.39. The zero-order valence-electron chi connectivity index (χ0n) is 17.1. The van der Waals surface area contributed by atoms with Gasteiger partial charge in [0.2, 0.25) is 5.95 Å². The SMILES string of the molecule is COc1ccc([C@H]2C3=C(Nc4nnnn42)c2ccccc2O[C@H]3c2ccccc2F)cc1. The second-order valence-electron chi connectivity index (χ2n) is 7.59. The molecule has 0 bridgehead atoms. The molecule has 0 unspecified atom stereocenters. The molecule has 2 aliphatic heterocycles. The Kier molecular flexibility index (Phi) is 4.17. The average molecular weight is 427 g/mol. The molecule has 32 heavy (non-hydrogen) atoms. The number of para-hydroxylation sites is 1. The van der Waals surface area contributed by atoms with Crippen LogP contribution in [0.4, 0.5) is 10.3 Å². The van der Waals surface area contributed by atoms with Crippen molar-refractivity contribution in [3.8, 4) is 11.5 Å². The summed E-state index contributed by atoms with van der Waals surface area (Å²) in [6, 6.07) is 21.7. The number of rotatable bonds is 3. The van der Waals surface area contributed by atoms with Gasteiger partial charge in [0.15, 0.2) is 6.10 Å². The minimum absolute atomic E-state index is 0.334. The van der Waals surface area contributed by atoms with Crippen LogP contribution in [0.2, 0.25) is 0 Å². The summed E-state index contributed by atoms with van der Waals surface area (Å²) in [4.78, 5) is 0. The molecule has 0 saturated heterocycles. The first-order valence-electron chi connectivity index (χ1n) is 10.2. The zero-order chi connectivity index (χ0) is 21.7. The fourth-order valence-corrected chi connectivity index (χ4v) is 4.39. The van der Waals surface area contributed by atoms with Crippen molar-refractivity contribution in [1.82, 2.24) is 20.2 Å². The van der Waals surface area contributed by atoms with E-state index < -0.39 is 12.1 Å². The van der Waals surface area contributed by atoms with Gasteiger partial charge in [-0.05, 0) is 46.3 Å². The van der Waals surface area contributed by atoms with E-state index in [-0.39, 0.29) is 5.82 Å². The second kappa shape index (κ2) is 7.19. The number of methoxy groups -OCH3 is 1. The molecule has 1 aromatic heterocycles. The van der Waals surface area contributed by atoms with Crippen molar-refractivity contribution in [2.24, 2.45) is 0 Å². The lowest BCUT2D eigenvalue weighted by Crippen LogP contribution is -2.32. The molecular formula is C24H18FN5O2. The van der Waals surface area contributed by atoms with Crippen molar-refractivity contribution in [3.05, 3.63) is 101 Å². The zero-order valence-corrected chi connectivity index (χ0v) is 17.1. The highest BCUT2D eigenvalue weighted by Gasteiger charge is 2.42. The molecule has 158 valence electrons. The first-order chi connectivity index (χ1) is 15.7. The number of nitrogens with zero attached hydrogens (tertiary/aromatic N) is 4. The van der Waals surface area contributed by atoms with Crippen molar-refractivity contribution in [1.29, 1.82) is 0 Å². The number of hydrogen-bond donors (Lipinski definition) is 1. The first kappa shape index (κ1) is 18.6. The Bertz CT molecular complexity index is 1350. The molecule has 7 nitrogen and oxygen atoms in total. The first-order valence-corrected chi connectivity index (χ1v) is 10.2. The molecule has 0 amide bonds. The highest BCUT2D eigenvalue weighted by atomic mass is 19.1. The molecule has 0 radical (unpaired) electrons. The van der Waals surface area contributed by atoms with Crippen molar-refractivity contribution in [2.45, 2.75) is 12.1 Å². The van der Waals surface area contributed by atoms with E-state index in [0.717, 1.165) is 28.1 Å². The van der Waals surface area contributed by atoms with Gasteiger partial charge in [0.25, 0.3) is 0 Å². The minimum atomic E-state index is -0.668. The molecule has 0 fully saturated rings. The number of halogens is 1. The lowest BCUT2D eigenvalue weighted by molar-refractivity contribution is 0.217. The quantitative estimate of drug-likeness (QED) is 0.523. The summed E-state index contributed by atoms with van der Waals surface area (Å²) in [5.74, 6) is 1.58. The molecule has 3 heterocycles. The van der Waals surface area contributed by atoms with Gasteiger partial charge >= 0.3 is 0 Å². The molecule has 0 saturated carbocycles. The van der Waals surface area contributed by atoms with Crippen LogP contribution in [0.3, 0.4) is 0 Å². The molecule has 0 aliphatic carbocycles. The van der Waals surface area contributed by atoms with E-state index in [0.29, 0.717) is 17.3 Å². The number of fused-ring (bicyclic) bond motifs is 3. The van der Waals surface area contributed by atoms with Crippen LogP contribution >= 0.6 is 0 Å². The van der Waals surface area contributed by atoms with Crippen molar-refractivity contribution >= 4 is 11.6 Å². The predicted octanol–water partition coefficient (Wildman–Crippen LogP) is 4.38. The van der Waals surface area contributed by atoms with Crippen LogP contribution in [0.1, 0.15) is 28.8 Å². The van der Waals surface area contributed by atoms with Gasteiger partial charge in [-0.1, -0.05) is 47.6 Å². The summed E-state index contributed by atoms with van der Waals surface area (Å²) >= 11 is 0. The molecule has 2 atom stereocenters. The van der Waals surface area contributed by atoms with Crippen molar-refractivity contribution in [2.75, 3.05) is 12.4 Å². The maximum absolute atomic E-state index is 15.0. The fraction of sp³-hybridized carbons (Fsp3) is 0.125. The van der Waals surface area contributed by atoms with Crippen LogP contribution in [0.5, 0.6) is 11.5 Å². The second-order valence-corrected chi connectivity index (χ2v) is 7.59. The van der Waals surface area contributed by atoms with Gasteiger partial charge in [-0.3, -0.25) is 0 Å². The molecule has 2 aliphatic rings. The number of benzene rings is 3. The average Bonchev–Trinajstić information content (AvgIpc) is 3.31. The van der Waals surface area contributed by atoms with Gasteiger partial charge in [0.1, 0.15) is 23.4 Å². The Morgan fingerprint density at radius 2 is 1.78 bits per heavy atom. The molecule has 0 spiro atoms. The Morgan fingerprint density at radius 3 is 2.59 bits per heavy atom. The molecular weight excluding hydrogens is 409 g/mol. The maximum atomic E-state index is 15.0. The van der Waals surface area contributed by atoms with Crippen LogP contribution in [0.25, 0.3) is 5.70 Å². The van der Waals surface area contributed by atoms with E-state index >= 15 is 0 Å². The number of tetrazole rings is 1. The van der Waals surface area contributed by atoms with E-state index in [1.165, 1.54) is 6.07 Å². The van der Waals surface area contributed by atoms with Crippen molar-refractivity contribution < 1.29 is 13.9 Å². The number of anilines is 1. The van der Waals surface area contributed by atoms with E-state index in [2.05, 4.69) is 20.8 Å². The lowest BCUT2D eigenvalue weighted by Gasteiger charge is -2.38. The Morgan fingerprint density at radius 1 is 1.00 bits per heavy atom. The third-order valence-corrected chi connectivity index (χ3v) is 5.86. The summed E-state index contributed by atoms with van der Waals surface area (Å²) in [5, 5.41) is 15.6. The maximum Gasteiger partial charge on any atom is 0.248 e. The third kappa shape index (κ3) is 2.76. The largest absolute Gasteiger partial charge is 0.497 e. The van der Waals surface area contributed by atoms with Gasteiger partial charge in [-0.2, -0.15) is 4.68 Å². The predicted molar refractivity (Wildman–Crippen MR) is 116 cm³/mol. The summed E-state index contributed by atoms with van der Waals surface area (Å²) in [7, 11) is 1.62. The van der Waals surface area contributed by atoms with E-state index in [9.17, 15) is 4.39 Å². The third-order valence-electron chi connectivity index (χ3n) is 5.86. The number of nitrogens with one attached hydrogen (secondary N) is 1. The van der Waals surface area contributed by atoms with Crippen molar-refractivity contribution in [3.63, 3.8) is 0 Å². The van der Waals surface area contributed by atoms with E-state index in [4.69, 9.17) is 9.47 Å². The van der Waals surface area contributed by atoms with E-state index in [1.54, 1.807) is 23.9 Å². The van der Waals surface area contributed by atoms with Gasteiger partial charge < -0.3 is 14.8 Å². The monoisotopic (exact) mass is 427 g/mol. The molecule has 3 aromatic carbocycles. The summed E-state index contributed by atoms with van der Waals surface area (Å²) in [6.45, 7) is 0. The Hall–Kier alpha value is -4.20. The van der Waals surface area contributed by atoms with Gasteiger partial charge in [-0.15, -0.1) is 0 Å². The van der Waals surface area contributed by atoms with Gasteiger partial charge in [0, 0.05) is 16.7 Å². The standard InChI is InChI=1S/C24H18FN5O2/c1-31-15-12-10-14(11-13-15)22-20-21(26-24-27-28-29-30(22)24)17-7-3-5-9-19(17)32-23(20)16-6-2-4-8-18(16)25/h2-13,22-23H,1H3,(H,26,27,29)/t22-,23-/m0/s1. The smallest absolute Gasteiger partial charge is 0.248 e. The van der Waals surface area contributed by atoms with Crippen LogP contribution in [-0.2, 0) is 0 Å². The van der Waals surface area contributed by atoms with Gasteiger partial charge in [-0.25, -0.2) is 4.39 Å². The normalized spacial score (nSPS) is 18.7. The number of aromatic nitrogens is 4. The number of ether oxygens (including phenoxy) is 2. The highest BCUT2D eigenvalue weighted by molar-refractivity contribution is 5.85. The topological polar surface area (TPSA) is 74.1 Å². The molecule has 6 rings (SSSR count). The summed E-state index contributed by atoms with van der Waals surface area (Å²) in [6.07, 6.45) is -0.668. The van der Waals surface area contributed by atoms with Crippen LogP contribution < -0.4 is 14.8 Å². The molecule has 4 aromatic rings. The Balaban J connectivity index is 1.62. The van der Waals surface area contributed by atoms with Crippen LogP contribution in [-0.4, -0.2) is 27.3 Å². The molecule has 8 heteroatoms. The molecule has 1 N–H and O–H groups in total. The highest BCUT2D eigenvalue weighted by Crippen LogP contribution is 2.50. The van der Waals surface area contributed by atoms with Crippen LogP contribution in [0, 0.1) is 5.82 Å². The summed E-state index contributed by atoms with van der Waals surface area (Å²) in [5.41, 5.74) is 3.91. The Labute approximate surface area is 183 Å². The van der Waals surface area contributed by atoms with Gasteiger partial charge in [0.05, 0.1) is 12.8 Å². The van der Waals surface area contributed by atoms with E-state index in [1.807, 2.05) is 54.6 Å². The van der Waals surface area contributed by atoms with Crippen LogP contribution in [0.15, 0.2) is 78.4 Å². The minimum Gasteiger partial charge on any atom is -0.497 e.